The number of hydrogen-bond donors (Lipinski definition) is 0. The fraction of sp³-hybridized carbons (Fsp3) is 0.0811. The number of fused-ring (bicyclic) bond motifs is 7. The van der Waals surface area contributed by atoms with Gasteiger partial charge in [-0.25, -0.2) is 9.97 Å². The van der Waals surface area contributed by atoms with Crippen LogP contribution in [0.25, 0.3) is 76.0 Å². The van der Waals surface area contributed by atoms with Crippen molar-refractivity contribution in [1.82, 2.24) is 9.97 Å². The first-order chi connectivity index (χ1) is 20.1. The number of hydrogen-bond acceptors (Lipinski definition) is 4. The molecule has 0 unspecified atom stereocenters. The molecular weight excluding hydrogens is 520 g/mol. The van der Waals surface area contributed by atoms with Gasteiger partial charge >= 0.3 is 0 Å². The summed E-state index contributed by atoms with van der Waals surface area (Å²) in [7, 11) is 0. The van der Waals surface area contributed by atoms with Crippen LogP contribution in [0.2, 0.25) is 0 Å². The molecule has 41 heavy (non-hydrogen) atoms. The van der Waals surface area contributed by atoms with E-state index in [0.717, 1.165) is 43.3 Å². The molecule has 0 radical (unpaired) electrons. The minimum absolute atomic E-state index is 0.125. The third-order valence-corrected chi connectivity index (χ3v) is 9.80. The van der Waals surface area contributed by atoms with Gasteiger partial charge in [0.05, 0.1) is 15.8 Å². The van der Waals surface area contributed by atoms with Gasteiger partial charge in [0.25, 0.3) is 0 Å². The Bertz CT molecular complexity index is 2290. The second-order valence-corrected chi connectivity index (χ2v) is 12.4. The molecule has 1 aliphatic carbocycles. The highest BCUT2D eigenvalue weighted by Gasteiger charge is 2.36. The average molecular weight is 545 g/mol. The molecule has 0 bridgehead atoms. The van der Waals surface area contributed by atoms with Crippen molar-refractivity contribution in [3.8, 4) is 33.2 Å². The van der Waals surface area contributed by atoms with Gasteiger partial charge in [0, 0.05) is 11.0 Å². The first kappa shape index (κ1) is 23.0. The summed E-state index contributed by atoms with van der Waals surface area (Å²) in [6.45, 7) is 4.66. The van der Waals surface area contributed by atoms with Crippen molar-refractivity contribution in [2.75, 3.05) is 0 Å². The van der Waals surface area contributed by atoms with Gasteiger partial charge in [0.2, 0.25) is 5.89 Å². The van der Waals surface area contributed by atoms with Crippen molar-refractivity contribution < 1.29 is 4.42 Å². The lowest BCUT2D eigenvalue weighted by Crippen LogP contribution is -2.14. The van der Waals surface area contributed by atoms with E-state index in [1.807, 2.05) is 24.3 Å². The number of aromatic nitrogens is 2. The Labute approximate surface area is 240 Å². The number of nitrogens with zero attached hydrogens (tertiary/aromatic N) is 2. The number of rotatable bonds is 2. The first-order valence-corrected chi connectivity index (χ1v) is 14.7. The molecule has 8 aromatic rings. The Morgan fingerprint density at radius 3 is 2.10 bits per heavy atom. The highest BCUT2D eigenvalue weighted by atomic mass is 32.1. The maximum atomic E-state index is 6.47. The molecule has 0 saturated heterocycles. The van der Waals surface area contributed by atoms with Gasteiger partial charge in [-0.15, -0.1) is 11.3 Å². The summed E-state index contributed by atoms with van der Waals surface area (Å²) >= 11 is 1.75. The van der Waals surface area contributed by atoms with E-state index in [-0.39, 0.29) is 5.41 Å². The molecule has 4 heteroatoms. The van der Waals surface area contributed by atoms with Gasteiger partial charge in [-0.2, -0.15) is 0 Å². The molecule has 6 aromatic carbocycles. The van der Waals surface area contributed by atoms with E-state index >= 15 is 0 Å². The van der Waals surface area contributed by atoms with E-state index in [0.29, 0.717) is 5.89 Å². The summed E-state index contributed by atoms with van der Waals surface area (Å²) in [6.07, 6.45) is 0. The number of thiazole rings is 1. The summed E-state index contributed by atoms with van der Waals surface area (Å²) in [5.41, 5.74) is 10.1. The van der Waals surface area contributed by atoms with Crippen LogP contribution in [-0.2, 0) is 5.41 Å². The molecule has 2 aromatic heterocycles. The molecule has 0 spiro atoms. The van der Waals surface area contributed by atoms with E-state index in [1.165, 1.54) is 37.9 Å². The Balaban J connectivity index is 1.49. The van der Waals surface area contributed by atoms with Crippen molar-refractivity contribution in [2.24, 2.45) is 0 Å². The van der Waals surface area contributed by atoms with Crippen LogP contribution in [0.4, 0.5) is 0 Å². The third kappa shape index (κ3) is 3.14. The van der Waals surface area contributed by atoms with E-state index in [9.17, 15) is 0 Å². The number of para-hydroxylation sites is 3. The minimum atomic E-state index is -0.125. The second-order valence-electron chi connectivity index (χ2n) is 11.4. The SMILES string of the molecule is CC1(C)c2ccccc2-c2cc3c(-c4nc5ccccc5s4)c4ccccc4c(-c4nc5ccccc5o4)c3cc21. The zero-order chi connectivity index (χ0) is 27.3. The molecule has 0 fully saturated rings. The summed E-state index contributed by atoms with van der Waals surface area (Å²) in [5.74, 6) is 0.650. The molecule has 0 N–H and O–H groups in total. The monoisotopic (exact) mass is 544 g/mol. The number of benzene rings is 6. The standard InChI is InChI=1S/C37H24N2OS/c1-37(2)27-14-6-5-11-21(27)24-19-25-26(20-28(24)37)33(35-38-29-15-7-9-17-31(29)40-35)22-12-3-4-13-23(22)34(25)36-39-30-16-8-10-18-32(30)41-36/h3-20H,1-2H3. The maximum Gasteiger partial charge on any atom is 0.228 e. The van der Waals surface area contributed by atoms with Crippen LogP contribution < -0.4 is 0 Å². The quantitative estimate of drug-likeness (QED) is 0.203. The average Bonchev–Trinajstić information content (AvgIpc) is 3.68. The van der Waals surface area contributed by atoms with Crippen molar-refractivity contribution in [3.05, 3.63) is 120 Å². The van der Waals surface area contributed by atoms with Crippen LogP contribution in [0.15, 0.2) is 114 Å². The Morgan fingerprint density at radius 2 is 1.27 bits per heavy atom. The molecule has 0 aliphatic heterocycles. The fourth-order valence-electron chi connectivity index (χ4n) is 6.79. The lowest BCUT2D eigenvalue weighted by molar-refractivity contribution is 0.621. The van der Waals surface area contributed by atoms with E-state index in [1.54, 1.807) is 11.3 Å². The van der Waals surface area contributed by atoms with Gasteiger partial charge in [0.1, 0.15) is 10.5 Å². The van der Waals surface area contributed by atoms with Gasteiger partial charge in [0.15, 0.2) is 5.58 Å². The summed E-state index contributed by atoms with van der Waals surface area (Å²) < 4.78 is 7.66. The van der Waals surface area contributed by atoms with Crippen LogP contribution in [0, 0.1) is 0 Å². The smallest absolute Gasteiger partial charge is 0.228 e. The van der Waals surface area contributed by atoms with Gasteiger partial charge in [-0.05, 0) is 80.2 Å². The summed E-state index contributed by atoms with van der Waals surface area (Å²) in [5, 5.41) is 5.62. The highest BCUT2D eigenvalue weighted by molar-refractivity contribution is 7.21. The Morgan fingerprint density at radius 1 is 0.585 bits per heavy atom. The van der Waals surface area contributed by atoms with Crippen molar-refractivity contribution in [1.29, 1.82) is 0 Å². The Kier molecular flexibility index (Phi) is 4.55. The topological polar surface area (TPSA) is 38.9 Å². The highest BCUT2D eigenvalue weighted by Crippen LogP contribution is 2.53. The van der Waals surface area contributed by atoms with Crippen LogP contribution >= 0.6 is 11.3 Å². The Hall–Kier alpha value is -4.80. The molecule has 194 valence electrons. The van der Waals surface area contributed by atoms with Crippen LogP contribution in [0.1, 0.15) is 25.0 Å². The molecule has 2 heterocycles. The molecule has 0 amide bonds. The predicted octanol–water partition coefficient (Wildman–Crippen LogP) is 10.4. The van der Waals surface area contributed by atoms with Crippen LogP contribution in [-0.4, -0.2) is 9.97 Å². The zero-order valence-corrected chi connectivity index (χ0v) is 23.4. The van der Waals surface area contributed by atoms with Crippen molar-refractivity contribution >= 4 is 54.2 Å². The van der Waals surface area contributed by atoms with Crippen LogP contribution in [0.5, 0.6) is 0 Å². The first-order valence-electron chi connectivity index (χ1n) is 13.9. The fourth-order valence-corrected chi connectivity index (χ4v) is 7.83. The van der Waals surface area contributed by atoms with Gasteiger partial charge < -0.3 is 4.42 Å². The third-order valence-electron chi connectivity index (χ3n) is 8.74. The number of oxazole rings is 1. The molecule has 3 nitrogen and oxygen atoms in total. The largest absolute Gasteiger partial charge is 0.436 e. The van der Waals surface area contributed by atoms with Crippen molar-refractivity contribution in [3.63, 3.8) is 0 Å². The normalized spacial score (nSPS) is 13.8. The van der Waals surface area contributed by atoms with E-state index in [2.05, 4.69) is 98.8 Å². The second kappa shape index (κ2) is 8.12. The molecule has 0 atom stereocenters. The summed E-state index contributed by atoms with van der Waals surface area (Å²) in [4.78, 5) is 10.2. The van der Waals surface area contributed by atoms with Crippen LogP contribution in [0.3, 0.4) is 0 Å². The van der Waals surface area contributed by atoms with Gasteiger partial charge in [-0.1, -0.05) is 86.6 Å². The lowest BCUT2D eigenvalue weighted by Gasteiger charge is -2.23. The lowest BCUT2D eigenvalue weighted by atomic mass is 9.80. The molecule has 1 aliphatic rings. The zero-order valence-electron chi connectivity index (χ0n) is 22.6. The summed E-state index contributed by atoms with van der Waals surface area (Å²) in [6, 6.07) is 38.7. The molecular formula is C37H24N2OS. The van der Waals surface area contributed by atoms with Gasteiger partial charge in [-0.3, -0.25) is 0 Å². The van der Waals surface area contributed by atoms with Crippen molar-refractivity contribution in [2.45, 2.75) is 19.3 Å². The van der Waals surface area contributed by atoms with E-state index < -0.39 is 0 Å². The predicted molar refractivity (Wildman–Crippen MR) is 171 cm³/mol. The molecule has 0 saturated carbocycles. The maximum absolute atomic E-state index is 6.47. The molecule has 9 rings (SSSR count). The van der Waals surface area contributed by atoms with E-state index in [4.69, 9.17) is 14.4 Å². The minimum Gasteiger partial charge on any atom is -0.436 e.